The molecule has 0 unspecified atom stereocenters. The van der Waals surface area contributed by atoms with Crippen molar-refractivity contribution in [2.45, 2.75) is 6.92 Å². The summed E-state index contributed by atoms with van der Waals surface area (Å²) in [7, 11) is 0. The third-order valence-corrected chi connectivity index (χ3v) is 7.27. The van der Waals surface area contributed by atoms with Crippen molar-refractivity contribution in [3.05, 3.63) is 114 Å². The fourth-order valence-corrected chi connectivity index (χ4v) is 4.98. The number of rotatable bonds is 6. The molecule has 0 atom stereocenters. The molecule has 2 amide bonds. The minimum absolute atomic E-state index is 0.171. The van der Waals surface area contributed by atoms with Crippen molar-refractivity contribution in [2.24, 2.45) is 0 Å². The summed E-state index contributed by atoms with van der Waals surface area (Å²) in [5, 5.41) is 7.06. The molecule has 7 heteroatoms. The molecular formula is C33H30N4O3. The summed E-state index contributed by atoms with van der Waals surface area (Å²) in [6.07, 6.45) is 1.87. The van der Waals surface area contributed by atoms with E-state index in [2.05, 4.69) is 20.5 Å². The van der Waals surface area contributed by atoms with Crippen molar-refractivity contribution in [2.75, 3.05) is 41.8 Å². The van der Waals surface area contributed by atoms with Crippen LogP contribution in [0.5, 0.6) is 0 Å². The molecule has 5 aromatic rings. The molecule has 1 saturated heterocycles. The van der Waals surface area contributed by atoms with E-state index in [0.717, 1.165) is 71.0 Å². The van der Waals surface area contributed by atoms with Crippen LogP contribution in [0.4, 0.5) is 17.1 Å². The van der Waals surface area contributed by atoms with Gasteiger partial charge in [-0.2, -0.15) is 0 Å². The van der Waals surface area contributed by atoms with Crippen LogP contribution in [-0.4, -0.2) is 43.1 Å². The molecule has 0 saturated carbocycles. The number of anilines is 3. The Bertz CT molecular complexity index is 1670. The van der Waals surface area contributed by atoms with Gasteiger partial charge in [0.05, 0.1) is 13.2 Å². The number of hydrogen-bond acceptors (Lipinski definition) is 4. The largest absolute Gasteiger partial charge is 0.378 e. The average molecular weight is 531 g/mol. The van der Waals surface area contributed by atoms with E-state index in [4.69, 9.17) is 4.74 Å². The van der Waals surface area contributed by atoms with Crippen LogP contribution in [0.2, 0.25) is 0 Å². The van der Waals surface area contributed by atoms with E-state index in [1.807, 2.05) is 92.0 Å². The normalized spacial score (nSPS) is 13.3. The lowest BCUT2D eigenvalue weighted by atomic mass is 9.97. The van der Waals surface area contributed by atoms with Gasteiger partial charge >= 0.3 is 0 Å². The van der Waals surface area contributed by atoms with Crippen LogP contribution >= 0.6 is 0 Å². The van der Waals surface area contributed by atoms with Crippen LogP contribution in [0, 0.1) is 6.92 Å². The van der Waals surface area contributed by atoms with Crippen molar-refractivity contribution >= 4 is 39.8 Å². The van der Waals surface area contributed by atoms with Gasteiger partial charge in [-0.1, -0.05) is 24.3 Å². The summed E-state index contributed by atoms with van der Waals surface area (Å²) >= 11 is 0. The van der Waals surface area contributed by atoms with Gasteiger partial charge < -0.3 is 25.3 Å². The highest BCUT2D eigenvalue weighted by Gasteiger charge is 2.14. The summed E-state index contributed by atoms with van der Waals surface area (Å²) in [5.74, 6) is -0.350. The van der Waals surface area contributed by atoms with Gasteiger partial charge in [-0.05, 0) is 95.7 Å². The highest BCUT2D eigenvalue weighted by atomic mass is 16.5. The Morgan fingerprint density at radius 2 is 1.43 bits per heavy atom. The molecule has 200 valence electrons. The van der Waals surface area contributed by atoms with Gasteiger partial charge in [0.1, 0.15) is 0 Å². The maximum absolute atomic E-state index is 13.1. The van der Waals surface area contributed by atoms with Gasteiger partial charge in [0, 0.05) is 53.0 Å². The quantitative estimate of drug-likeness (QED) is 0.234. The minimum Gasteiger partial charge on any atom is -0.378 e. The Kier molecular flexibility index (Phi) is 7.04. The SMILES string of the molecule is Cc1ccc(C(=O)Nc2ccc(N3CCOCC3)cc2)cc1-c1ccc(C(=O)Nc2ccc3cc[nH]c3c2)cc1. The Labute approximate surface area is 232 Å². The van der Waals surface area contributed by atoms with Gasteiger partial charge in [0.2, 0.25) is 0 Å². The summed E-state index contributed by atoms with van der Waals surface area (Å²) in [4.78, 5) is 31.4. The number of H-pyrrole nitrogens is 1. The van der Waals surface area contributed by atoms with E-state index in [1.165, 1.54) is 0 Å². The summed E-state index contributed by atoms with van der Waals surface area (Å²) in [6, 6.07) is 28.8. The van der Waals surface area contributed by atoms with Crippen LogP contribution in [0.15, 0.2) is 97.2 Å². The first kappa shape index (κ1) is 25.4. The first-order chi connectivity index (χ1) is 19.5. The first-order valence-corrected chi connectivity index (χ1v) is 13.4. The Morgan fingerprint density at radius 3 is 2.20 bits per heavy atom. The molecule has 2 heterocycles. The topological polar surface area (TPSA) is 86.5 Å². The number of hydrogen-bond donors (Lipinski definition) is 3. The molecule has 40 heavy (non-hydrogen) atoms. The molecule has 7 nitrogen and oxygen atoms in total. The third-order valence-electron chi connectivity index (χ3n) is 7.27. The van der Waals surface area contributed by atoms with Crippen molar-refractivity contribution in [3.63, 3.8) is 0 Å². The highest BCUT2D eigenvalue weighted by molar-refractivity contribution is 6.06. The number of aromatic amines is 1. The van der Waals surface area contributed by atoms with Crippen LogP contribution in [-0.2, 0) is 4.74 Å². The number of aryl methyl sites for hydroxylation is 1. The van der Waals surface area contributed by atoms with Gasteiger partial charge in [-0.3, -0.25) is 9.59 Å². The fourth-order valence-electron chi connectivity index (χ4n) is 4.98. The van der Waals surface area contributed by atoms with E-state index in [-0.39, 0.29) is 11.8 Å². The molecule has 0 radical (unpaired) electrons. The molecule has 1 aliphatic heterocycles. The number of morpholine rings is 1. The van der Waals surface area contributed by atoms with Gasteiger partial charge in [-0.25, -0.2) is 0 Å². The number of nitrogens with one attached hydrogen (secondary N) is 3. The lowest BCUT2D eigenvalue weighted by Gasteiger charge is -2.28. The number of carbonyl (C=O) groups excluding carboxylic acids is 2. The third kappa shape index (κ3) is 5.46. The fraction of sp³-hybridized carbons (Fsp3) is 0.152. The second-order valence-corrected chi connectivity index (χ2v) is 9.94. The van der Waals surface area contributed by atoms with Crippen molar-refractivity contribution in [1.82, 2.24) is 4.98 Å². The molecule has 0 spiro atoms. The van der Waals surface area contributed by atoms with Gasteiger partial charge in [-0.15, -0.1) is 0 Å². The zero-order valence-electron chi connectivity index (χ0n) is 22.2. The molecular weight excluding hydrogens is 500 g/mol. The number of carbonyl (C=O) groups is 2. The average Bonchev–Trinajstić information content (AvgIpc) is 3.46. The smallest absolute Gasteiger partial charge is 0.255 e. The van der Waals surface area contributed by atoms with E-state index >= 15 is 0 Å². The molecule has 1 aromatic heterocycles. The molecule has 0 aliphatic carbocycles. The number of amides is 2. The molecule has 1 aliphatic rings. The minimum atomic E-state index is -0.179. The van der Waals surface area contributed by atoms with Crippen LogP contribution < -0.4 is 15.5 Å². The zero-order valence-corrected chi connectivity index (χ0v) is 22.2. The van der Waals surface area contributed by atoms with E-state index in [1.54, 1.807) is 12.1 Å². The van der Waals surface area contributed by atoms with Crippen LogP contribution in [0.3, 0.4) is 0 Å². The van der Waals surface area contributed by atoms with Crippen molar-refractivity contribution < 1.29 is 14.3 Å². The van der Waals surface area contributed by atoms with Crippen molar-refractivity contribution in [3.8, 4) is 11.1 Å². The number of benzene rings is 4. The first-order valence-electron chi connectivity index (χ1n) is 13.4. The molecule has 6 rings (SSSR count). The lowest BCUT2D eigenvalue weighted by molar-refractivity contribution is 0.101. The summed E-state index contributed by atoms with van der Waals surface area (Å²) in [5.41, 5.74) is 7.62. The number of aromatic nitrogens is 1. The van der Waals surface area contributed by atoms with Crippen LogP contribution in [0.25, 0.3) is 22.0 Å². The zero-order chi connectivity index (χ0) is 27.5. The summed E-state index contributed by atoms with van der Waals surface area (Å²) in [6.45, 7) is 5.21. The second-order valence-electron chi connectivity index (χ2n) is 9.94. The highest BCUT2D eigenvalue weighted by Crippen LogP contribution is 2.27. The van der Waals surface area contributed by atoms with Crippen LogP contribution in [0.1, 0.15) is 26.3 Å². The Balaban J connectivity index is 1.13. The van der Waals surface area contributed by atoms with Crippen molar-refractivity contribution in [1.29, 1.82) is 0 Å². The van der Waals surface area contributed by atoms with E-state index in [0.29, 0.717) is 11.1 Å². The molecule has 4 aromatic carbocycles. The predicted molar refractivity (Wildman–Crippen MR) is 160 cm³/mol. The number of ether oxygens (including phenoxy) is 1. The Hall–Kier alpha value is -4.88. The standard InChI is InChI=1S/C33H30N4O3/c1-22-2-3-26(33(39)35-27-10-12-29(13-11-27)37-16-18-40-19-17-37)20-30(22)23-4-6-25(7-5-23)32(38)36-28-9-8-24-14-15-34-31(24)21-28/h2-15,20-21,34H,16-19H2,1H3,(H,35,39)(H,36,38). The maximum atomic E-state index is 13.1. The Morgan fingerprint density at radius 1 is 0.750 bits per heavy atom. The molecule has 1 fully saturated rings. The van der Waals surface area contributed by atoms with Gasteiger partial charge in [0.15, 0.2) is 0 Å². The molecule has 0 bridgehead atoms. The monoisotopic (exact) mass is 530 g/mol. The summed E-state index contributed by atoms with van der Waals surface area (Å²) < 4.78 is 5.43. The maximum Gasteiger partial charge on any atom is 0.255 e. The van der Waals surface area contributed by atoms with E-state index in [9.17, 15) is 9.59 Å². The number of nitrogens with zero attached hydrogens (tertiary/aromatic N) is 1. The lowest BCUT2D eigenvalue weighted by Crippen LogP contribution is -2.36. The predicted octanol–water partition coefficient (Wildman–Crippen LogP) is 6.48. The second kappa shape index (κ2) is 11.1. The molecule has 3 N–H and O–H groups in total. The van der Waals surface area contributed by atoms with E-state index < -0.39 is 0 Å². The number of fused-ring (bicyclic) bond motifs is 1. The van der Waals surface area contributed by atoms with Gasteiger partial charge in [0.25, 0.3) is 11.8 Å².